The lowest BCUT2D eigenvalue weighted by Crippen LogP contribution is -2.54. The van der Waals surface area contributed by atoms with Crippen LogP contribution in [0.3, 0.4) is 0 Å². The van der Waals surface area contributed by atoms with E-state index in [0.29, 0.717) is 50.1 Å². The summed E-state index contributed by atoms with van der Waals surface area (Å²) in [4.78, 5) is 6.53. The molecule has 1 fully saturated rings. The van der Waals surface area contributed by atoms with Gasteiger partial charge in [-0.3, -0.25) is 0 Å². The maximum absolute atomic E-state index is 12.6. The second-order valence-corrected chi connectivity index (χ2v) is 9.02. The number of hydrogen-bond acceptors (Lipinski definition) is 7. The van der Waals surface area contributed by atoms with Gasteiger partial charge in [-0.25, -0.2) is 13.4 Å². The highest BCUT2D eigenvalue weighted by Gasteiger charge is 2.30. The third-order valence-corrected chi connectivity index (χ3v) is 6.49. The van der Waals surface area contributed by atoms with Crippen LogP contribution in [0.1, 0.15) is 25.3 Å². The minimum Gasteiger partial charge on any atom is -0.466 e. The summed E-state index contributed by atoms with van der Waals surface area (Å²) in [5, 5.41) is 17.5. The molecule has 2 N–H and O–H groups in total. The summed E-state index contributed by atoms with van der Waals surface area (Å²) >= 11 is 0. The number of furan rings is 1. The summed E-state index contributed by atoms with van der Waals surface area (Å²) in [5.41, 5.74) is -0.838. The minimum atomic E-state index is -3.46. The van der Waals surface area contributed by atoms with Gasteiger partial charge in [-0.2, -0.15) is 4.31 Å². The van der Waals surface area contributed by atoms with Gasteiger partial charge in [0.05, 0.1) is 18.5 Å². The van der Waals surface area contributed by atoms with Crippen LogP contribution in [0.15, 0.2) is 44.7 Å². The van der Waals surface area contributed by atoms with Gasteiger partial charge in [-0.1, -0.05) is 5.16 Å². The van der Waals surface area contributed by atoms with Crippen LogP contribution in [0.25, 0.3) is 0 Å². The molecular formula is C18H27N5O5S. The van der Waals surface area contributed by atoms with E-state index in [9.17, 15) is 13.5 Å². The van der Waals surface area contributed by atoms with Gasteiger partial charge in [-0.15, -0.1) is 0 Å². The van der Waals surface area contributed by atoms with Crippen molar-refractivity contribution in [3.8, 4) is 0 Å². The fourth-order valence-electron chi connectivity index (χ4n) is 3.09. The highest BCUT2D eigenvalue weighted by atomic mass is 32.2. The monoisotopic (exact) mass is 425 g/mol. The molecule has 0 aliphatic carbocycles. The van der Waals surface area contributed by atoms with Gasteiger partial charge in [0.25, 0.3) is 0 Å². The SMILES string of the molecule is CCNC(=NCC(C)(O)c1ccco1)N1CCN(S(=O)(=O)Cc2ccon2)CC1. The first kappa shape index (κ1) is 21.3. The Morgan fingerprint density at radius 3 is 2.66 bits per heavy atom. The van der Waals surface area contributed by atoms with E-state index >= 15 is 0 Å². The smallest absolute Gasteiger partial charge is 0.220 e. The van der Waals surface area contributed by atoms with E-state index in [4.69, 9.17) is 8.94 Å². The summed E-state index contributed by atoms with van der Waals surface area (Å²) in [7, 11) is -3.46. The molecule has 1 aliphatic rings. The predicted octanol–water partition coefficient (Wildman–Crippen LogP) is 0.588. The van der Waals surface area contributed by atoms with E-state index < -0.39 is 15.6 Å². The molecule has 11 heteroatoms. The Kier molecular flexibility index (Phi) is 6.60. The summed E-state index contributed by atoms with van der Waals surface area (Å²) in [6.45, 7) is 6.06. The maximum atomic E-state index is 12.6. The van der Waals surface area contributed by atoms with Gasteiger partial charge in [0, 0.05) is 38.8 Å². The molecule has 0 bridgehead atoms. The van der Waals surface area contributed by atoms with Crippen molar-refractivity contribution in [2.45, 2.75) is 25.2 Å². The van der Waals surface area contributed by atoms with Crippen molar-refractivity contribution in [3.63, 3.8) is 0 Å². The quantitative estimate of drug-likeness (QED) is 0.488. The number of sulfonamides is 1. The van der Waals surface area contributed by atoms with E-state index in [0.717, 1.165) is 0 Å². The largest absolute Gasteiger partial charge is 0.466 e. The molecule has 1 saturated heterocycles. The number of aliphatic hydroxyl groups is 1. The molecule has 160 valence electrons. The Morgan fingerprint density at radius 2 is 2.07 bits per heavy atom. The Morgan fingerprint density at radius 1 is 1.31 bits per heavy atom. The summed E-state index contributed by atoms with van der Waals surface area (Å²) in [6, 6.07) is 4.98. The predicted molar refractivity (Wildman–Crippen MR) is 107 cm³/mol. The van der Waals surface area contributed by atoms with Gasteiger partial charge in [-0.05, 0) is 26.0 Å². The molecule has 1 aliphatic heterocycles. The topological polar surface area (TPSA) is 124 Å². The van der Waals surface area contributed by atoms with E-state index in [-0.39, 0.29) is 12.3 Å². The molecule has 0 saturated carbocycles. The Labute approximate surface area is 170 Å². The van der Waals surface area contributed by atoms with Gasteiger partial charge in [0.2, 0.25) is 10.0 Å². The van der Waals surface area contributed by atoms with Gasteiger partial charge < -0.3 is 24.3 Å². The number of aliphatic imine (C=N–C) groups is 1. The van der Waals surface area contributed by atoms with Crippen molar-refractivity contribution in [2.24, 2.45) is 4.99 Å². The third kappa shape index (κ3) is 5.37. The number of hydrogen-bond donors (Lipinski definition) is 2. The molecule has 2 aromatic rings. The third-order valence-electron chi connectivity index (χ3n) is 4.68. The molecule has 0 aromatic carbocycles. The van der Waals surface area contributed by atoms with Crippen LogP contribution >= 0.6 is 0 Å². The van der Waals surface area contributed by atoms with E-state index in [2.05, 4.69) is 15.5 Å². The van der Waals surface area contributed by atoms with Gasteiger partial charge in [0.1, 0.15) is 23.4 Å². The molecule has 29 heavy (non-hydrogen) atoms. The number of nitrogens with zero attached hydrogens (tertiary/aromatic N) is 4. The van der Waals surface area contributed by atoms with Crippen molar-refractivity contribution >= 4 is 16.0 Å². The number of guanidine groups is 1. The highest BCUT2D eigenvalue weighted by Crippen LogP contribution is 2.21. The first-order chi connectivity index (χ1) is 13.8. The molecule has 0 radical (unpaired) electrons. The summed E-state index contributed by atoms with van der Waals surface area (Å²) in [5.74, 6) is 0.901. The minimum absolute atomic E-state index is 0.119. The second kappa shape index (κ2) is 8.97. The normalized spacial score (nSPS) is 18.6. The van der Waals surface area contributed by atoms with Crippen LogP contribution in [0.2, 0.25) is 0 Å². The van der Waals surface area contributed by atoms with Crippen LogP contribution < -0.4 is 5.32 Å². The average Bonchev–Trinajstić information content (AvgIpc) is 3.39. The van der Waals surface area contributed by atoms with Crippen molar-refractivity contribution in [3.05, 3.63) is 42.2 Å². The Bertz CT molecular complexity index is 885. The fourth-order valence-corrected chi connectivity index (χ4v) is 4.51. The summed E-state index contributed by atoms with van der Waals surface area (Å²) < 4.78 is 36.6. The van der Waals surface area contributed by atoms with Crippen LogP contribution in [-0.4, -0.2) is 73.1 Å². The zero-order valence-electron chi connectivity index (χ0n) is 16.6. The molecule has 3 heterocycles. The van der Waals surface area contributed by atoms with Crippen LogP contribution in [-0.2, 0) is 21.4 Å². The first-order valence-corrected chi connectivity index (χ1v) is 11.1. The number of nitrogens with one attached hydrogen (secondary N) is 1. The van der Waals surface area contributed by atoms with Crippen molar-refractivity contribution in [2.75, 3.05) is 39.3 Å². The van der Waals surface area contributed by atoms with Gasteiger partial charge >= 0.3 is 0 Å². The van der Waals surface area contributed by atoms with E-state index in [1.54, 1.807) is 25.1 Å². The number of rotatable bonds is 7. The molecule has 1 atom stereocenters. The number of aromatic nitrogens is 1. The first-order valence-electron chi connectivity index (χ1n) is 9.48. The lowest BCUT2D eigenvalue weighted by Gasteiger charge is -2.36. The molecule has 2 aromatic heterocycles. The molecule has 0 spiro atoms. The van der Waals surface area contributed by atoms with Crippen molar-refractivity contribution < 1.29 is 22.5 Å². The second-order valence-electron chi connectivity index (χ2n) is 7.05. The zero-order valence-corrected chi connectivity index (χ0v) is 17.4. The van der Waals surface area contributed by atoms with Crippen LogP contribution in [0, 0.1) is 0 Å². The molecular weight excluding hydrogens is 398 g/mol. The van der Waals surface area contributed by atoms with E-state index in [1.165, 1.54) is 16.8 Å². The Hall–Kier alpha value is -2.37. The average molecular weight is 426 g/mol. The molecule has 1 unspecified atom stereocenters. The fraction of sp³-hybridized carbons (Fsp3) is 0.556. The van der Waals surface area contributed by atoms with Gasteiger partial charge in [0.15, 0.2) is 5.96 Å². The van der Waals surface area contributed by atoms with Crippen LogP contribution in [0.5, 0.6) is 0 Å². The molecule has 3 rings (SSSR count). The van der Waals surface area contributed by atoms with Crippen molar-refractivity contribution in [1.29, 1.82) is 0 Å². The standard InChI is InChI=1S/C18H27N5O5S/c1-3-19-17(20-14-18(2,24)16-5-4-11-27-16)22-7-9-23(10-8-22)29(25,26)13-15-6-12-28-21-15/h4-6,11-12,24H,3,7-10,13-14H2,1-2H3,(H,19,20). The number of piperazine rings is 1. The lowest BCUT2D eigenvalue weighted by atomic mass is 10.0. The summed E-state index contributed by atoms with van der Waals surface area (Å²) in [6.07, 6.45) is 2.87. The Balaban J connectivity index is 1.62. The zero-order chi connectivity index (χ0) is 20.9. The van der Waals surface area contributed by atoms with Crippen LogP contribution in [0.4, 0.5) is 0 Å². The highest BCUT2D eigenvalue weighted by molar-refractivity contribution is 7.88. The maximum Gasteiger partial charge on any atom is 0.220 e. The molecule has 10 nitrogen and oxygen atoms in total. The van der Waals surface area contributed by atoms with Crippen molar-refractivity contribution in [1.82, 2.24) is 19.7 Å². The van der Waals surface area contributed by atoms with E-state index in [1.807, 2.05) is 11.8 Å². The lowest BCUT2D eigenvalue weighted by molar-refractivity contribution is 0.0434. The molecule has 0 amide bonds.